The number of methoxy groups -OCH3 is 2. The van der Waals surface area contributed by atoms with E-state index < -0.39 is 0 Å². The van der Waals surface area contributed by atoms with Crippen molar-refractivity contribution >= 4 is 31.5 Å². The molecule has 54 heavy (non-hydrogen) atoms. The largest absolute Gasteiger partial charge is 0.494 e. The quantitative estimate of drug-likeness (QED) is 0.0301. The summed E-state index contributed by atoms with van der Waals surface area (Å²) in [5.41, 5.74) is 8.44. The summed E-state index contributed by atoms with van der Waals surface area (Å²) in [6.07, 6.45) is 7.29. The third-order valence-corrected chi connectivity index (χ3v) is 6.63. The van der Waals surface area contributed by atoms with E-state index >= 15 is 0 Å². The summed E-state index contributed by atoms with van der Waals surface area (Å²) >= 11 is 0. The number of aryl methyl sites for hydroxylation is 2. The lowest BCUT2D eigenvalue weighted by atomic mass is 10.0. The van der Waals surface area contributed by atoms with Crippen molar-refractivity contribution in [2.45, 2.75) is 25.7 Å². The van der Waals surface area contributed by atoms with Gasteiger partial charge in [-0.1, -0.05) is 66.7 Å². The van der Waals surface area contributed by atoms with Crippen LogP contribution in [0, 0.1) is 0 Å². The molecular weight excluding hydrogens is 694 g/mol. The van der Waals surface area contributed by atoms with Crippen LogP contribution in [-0.4, -0.2) is 71.6 Å². The molecule has 0 bridgehead atoms. The second-order valence-electron chi connectivity index (χ2n) is 10.4. The fourth-order valence-corrected chi connectivity index (χ4v) is 4.13. The predicted octanol–water partition coefficient (Wildman–Crippen LogP) is 7.57. The van der Waals surface area contributed by atoms with Crippen molar-refractivity contribution in [3.05, 3.63) is 133 Å². The Morgan fingerprint density at radius 1 is 0.574 bits per heavy atom. The second kappa shape index (κ2) is 34.0. The van der Waals surface area contributed by atoms with Crippen molar-refractivity contribution in [3.8, 4) is 28.4 Å². The zero-order chi connectivity index (χ0) is 40.1. The molecule has 0 aliphatic rings. The Hall–Kier alpha value is -6.08. The standard InChI is InChI=1S/C34H39NO6.2C3H4O.CH2O2.CH2O/c1-36-23-3-25-38-32-19-13-30(14-20-32)29-11-7-27(8-12-29)5-6-28-9-17-34(18-10-28)40-41-35-31-15-21-33(22-16-31)39-26-4-24-37-2;2*1-2-3-4;2-1-3;1-2/h7-22,35H,3-6,23-26H2,1-2H3;2*2-3H,1H2;1H,(H,2,3);1H2. The molecule has 0 fully saturated rings. The number of carbonyl (C=O) groups is 4. The number of ether oxygens (including phenoxy) is 4. The maximum Gasteiger partial charge on any atom is 0.290 e. The molecule has 0 amide bonds. The molecule has 0 unspecified atom stereocenters. The summed E-state index contributed by atoms with van der Waals surface area (Å²) in [6, 6.07) is 32.4. The molecule has 0 radical (unpaired) electrons. The van der Waals surface area contributed by atoms with E-state index in [-0.39, 0.29) is 6.47 Å². The first kappa shape index (κ1) is 47.9. The van der Waals surface area contributed by atoms with Gasteiger partial charge in [-0.05, 0) is 95.8 Å². The van der Waals surface area contributed by atoms with E-state index in [9.17, 15) is 0 Å². The van der Waals surface area contributed by atoms with Crippen molar-refractivity contribution in [1.82, 2.24) is 0 Å². The van der Waals surface area contributed by atoms with E-state index in [0.717, 1.165) is 42.9 Å². The topological polar surface area (TPSA) is 156 Å². The molecule has 0 saturated heterocycles. The lowest BCUT2D eigenvalue weighted by Crippen LogP contribution is -2.05. The van der Waals surface area contributed by atoms with E-state index in [1.165, 1.54) is 34.4 Å². The first-order valence-electron chi connectivity index (χ1n) is 16.7. The van der Waals surface area contributed by atoms with Crippen molar-refractivity contribution < 1.29 is 53.1 Å². The van der Waals surface area contributed by atoms with Crippen molar-refractivity contribution in [1.29, 1.82) is 0 Å². The van der Waals surface area contributed by atoms with Crippen LogP contribution >= 0.6 is 0 Å². The maximum absolute atomic E-state index is 9.06. The van der Waals surface area contributed by atoms with Crippen LogP contribution in [0.15, 0.2) is 122 Å². The molecule has 2 N–H and O–H groups in total. The number of hydrogen-bond acceptors (Lipinski definition) is 11. The summed E-state index contributed by atoms with van der Waals surface area (Å²) in [5.74, 6) is 2.30. The lowest BCUT2D eigenvalue weighted by Gasteiger charge is -2.09. The fourth-order valence-electron chi connectivity index (χ4n) is 4.13. The SMILES string of the molecule is C=CC=O.C=CC=O.C=O.COCCCOc1ccc(NOOc2ccc(CCc3ccc(-c4ccc(OCCCOC)cc4)cc3)cc2)cc1.O=CO. The van der Waals surface area contributed by atoms with E-state index in [2.05, 4.69) is 67.2 Å². The Balaban J connectivity index is 0.00000189. The van der Waals surface area contributed by atoms with Gasteiger partial charge in [0.05, 0.1) is 18.9 Å². The summed E-state index contributed by atoms with van der Waals surface area (Å²) in [6.45, 7) is 10.6. The molecule has 0 aliphatic carbocycles. The summed E-state index contributed by atoms with van der Waals surface area (Å²) < 4.78 is 21.5. The Bertz CT molecular complexity index is 1500. The van der Waals surface area contributed by atoms with E-state index in [0.29, 0.717) is 44.7 Å². The zero-order valence-electron chi connectivity index (χ0n) is 30.9. The average Bonchev–Trinajstić information content (AvgIpc) is 3.23. The van der Waals surface area contributed by atoms with E-state index in [1.54, 1.807) is 14.2 Å². The average molecular weight is 746 g/mol. The molecule has 290 valence electrons. The molecule has 0 aromatic heterocycles. The van der Waals surface area contributed by atoms with Gasteiger partial charge in [0, 0.05) is 40.3 Å². The number of carbonyl (C=O) groups excluding carboxylic acids is 3. The molecule has 4 rings (SSSR count). The van der Waals surface area contributed by atoms with Crippen LogP contribution in [0.4, 0.5) is 5.69 Å². The number of hydrogen-bond donors (Lipinski definition) is 2. The first-order valence-corrected chi connectivity index (χ1v) is 16.7. The van der Waals surface area contributed by atoms with Crippen LogP contribution in [0.25, 0.3) is 11.1 Å². The van der Waals surface area contributed by atoms with Crippen LogP contribution in [0.2, 0.25) is 0 Å². The minimum Gasteiger partial charge on any atom is -0.494 e. The van der Waals surface area contributed by atoms with Crippen molar-refractivity contribution in [2.75, 3.05) is 46.1 Å². The van der Waals surface area contributed by atoms with Gasteiger partial charge in [0.25, 0.3) is 6.47 Å². The monoisotopic (exact) mass is 745 g/mol. The van der Waals surface area contributed by atoms with Gasteiger partial charge in [-0.3, -0.25) is 14.4 Å². The van der Waals surface area contributed by atoms with Gasteiger partial charge in [-0.25, -0.2) is 5.48 Å². The lowest BCUT2D eigenvalue weighted by molar-refractivity contribution is -0.178. The highest BCUT2D eigenvalue weighted by Gasteiger charge is 2.03. The molecule has 12 nitrogen and oxygen atoms in total. The molecule has 0 heterocycles. The molecule has 12 heteroatoms. The molecule has 0 saturated carbocycles. The normalized spacial score (nSPS) is 9.22. The smallest absolute Gasteiger partial charge is 0.290 e. The Morgan fingerprint density at radius 3 is 1.31 bits per heavy atom. The van der Waals surface area contributed by atoms with Gasteiger partial charge in [-0.15, -0.1) is 0 Å². The summed E-state index contributed by atoms with van der Waals surface area (Å²) in [7, 11) is 3.39. The van der Waals surface area contributed by atoms with Crippen molar-refractivity contribution in [2.24, 2.45) is 0 Å². The molecule has 0 atom stereocenters. The molecule has 0 aliphatic heterocycles. The first-order chi connectivity index (χ1) is 26.5. The number of rotatable bonds is 20. The highest BCUT2D eigenvalue weighted by Crippen LogP contribution is 2.24. The molecule has 0 spiro atoms. The number of aldehydes is 2. The zero-order valence-corrected chi connectivity index (χ0v) is 30.9. The molecular formula is C42H51NO11. The van der Waals surface area contributed by atoms with Crippen LogP contribution < -0.4 is 19.8 Å². The molecule has 4 aromatic carbocycles. The Kier molecular flexibility index (Phi) is 30.2. The second-order valence-corrected chi connectivity index (χ2v) is 10.4. The number of allylic oxidation sites excluding steroid dienone is 2. The molecule has 4 aromatic rings. The predicted molar refractivity (Wildman–Crippen MR) is 210 cm³/mol. The number of carboxylic acid groups (broad SMARTS) is 1. The van der Waals surface area contributed by atoms with Gasteiger partial charge >= 0.3 is 0 Å². The summed E-state index contributed by atoms with van der Waals surface area (Å²) in [4.78, 5) is 45.0. The minimum absolute atomic E-state index is 0.250. The Labute approximate surface area is 317 Å². The number of anilines is 1. The van der Waals surface area contributed by atoms with Crippen LogP contribution in [-0.2, 0) is 46.5 Å². The van der Waals surface area contributed by atoms with Crippen molar-refractivity contribution in [3.63, 3.8) is 0 Å². The number of benzene rings is 4. The van der Waals surface area contributed by atoms with Gasteiger partial charge < -0.3 is 33.7 Å². The van der Waals surface area contributed by atoms with E-state index in [4.69, 9.17) is 53.1 Å². The van der Waals surface area contributed by atoms with Crippen LogP contribution in [0.5, 0.6) is 17.2 Å². The van der Waals surface area contributed by atoms with Gasteiger partial charge in [-0.2, -0.15) is 0 Å². The van der Waals surface area contributed by atoms with Gasteiger partial charge in [0.15, 0.2) is 5.75 Å². The third kappa shape index (κ3) is 23.4. The Morgan fingerprint density at radius 2 is 0.926 bits per heavy atom. The minimum atomic E-state index is -0.250. The van der Waals surface area contributed by atoms with E-state index in [1.807, 2.05) is 55.3 Å². The van der Waals surface area contributed by atoms with Gasteiger partial charge in [0.1, 0.15) is 30.9 Å². The fraction of sp³-hybridized carbons (Fsp3) is 0.238. The summed E-state index contributed by atoms with van der Waals surface area (Å²) in [5, 5.41) is 6.89. The van der Waals surface area contributed by atoms with Crippen LogP contribution in [0.3, 0.4) is 0 Å². The third-order valence-electron chi connectivity index (χ3n) is 6.63. The highest BCUT2D eigenvalue weighted by molar-refractivity contribution is 5.64. The number of nitrogens with one attached hydrogen (secondary N) is 1. The van der Waals surface area contributed by atoms with Crippen LogP contribution in [0.1, 0.15) is 24.0 Å². The maximum atomic E-state index is 9.06. The highest BCUT2D eigenvalue weighted by atomic mass is 17.3. The van der Waals surface area contributed by atoms with Gasteiger partial charge in [0.2, 0.25) is 0 Å².